The van der Waals surface area contributed by atoms with Crippen LogP contribution in [0, 0.1) is 12.8 Å². The van der Waals surface area contributed by atoms with Gasteiger partial charge in [-0.1, -0.05) is 0 Å². The molecule has 0 radical (unpaired) electrons. The summed E-state index contributed by atoms with van der Waals surface area (Å²) in [5, 5.41) is 1.11. The number of hydrogen-bond acceptors (Lipinski definition) is 7. The summed E-state index contributed by atoms with van der Waals surface area (Å²) in [4.78, 5) is 25.0. The van der Waals surface area contributed by atoms with E-state index < -0.39 is 0 Å². The molecule has 0 spiro atoms. The monoisotopic (exact) mass is 326 g/mol. The Morgan fingerprint density at radius 2 is 1.96 bits per heavy atom. The molecule has 0 saturated carbocycles. The number of aliphatic imine (C=N–C) groups is 1. The number of hydrogen-bond donors (Lipinski definition) is 0. The summed E-state index contributed by atoms with van der Waals surface area (Å²) >= 11 is 1.82. The Labute approximate surface area is 139 Å². The lowest BCUT2D eigenvalue weighted by atomic mass is 9.85. The topological polar surface area (TPSA) is 67.2 Å². The van der Waals surface area contributed by atoms with Crippen molar-refractivity contribution in [3.05, 3.63) is 42.2 Å². The van der Waals surface area contributed by atoms with Crippen LogP contribution in [0.15, 0.2) is 36.0 Å². The van der Waals surface area contributed by atoms with Gasteiger partial charge in [0.2, 0.25) is 5.95 Å². The molecule has 4 heterocycles. The van der Waals surface area contributed by atoms with Crippen LogP contribution in [0.5, 0.6) is 0 Å². The molecular formula is C16H18N6S. The van der Waals surface area contributed by atoms with Crippen LogP contribution in [0.25, 0.3) is 0 Å². The molecule has 2 aromatic heterocycles. The molecule has 118 valence electrons. The van der Waals surface area contributed by atoms with Gasteiger partial charge in [0, 0.05) is 43.0 Å². The summed E-state index contributed by atoms with van der Waals surface area (Å²) < 4.78 is 0. The van der Waals surface area contributed by atoms with Gasteiger partial charge < -0.3 is 4.90 Å². The van der Waals surface area contributed by atoms with Crippen LogP contribution in [0.2, 0.25) is 0 Å². The number of aromatic nitrogens is 4. The van der Waals surface area contributed by atoms with Crippen molar-refractivity contribution in [2.24, 2.45) is 10.9 Å². The summed E-state index contributed by atoms with van der Waals surface area (Å²) in [5.41, 5.74) is 1.68. The summed E-state index contributed by atoms with van der Waals surface area (Å²) in [5.74, 6) is 2.19. The fraction of sp³-hybridized carbons (Fsp3) is 0.438. The fourth-order valence-electron chi connectivity index (χ4n) is 3.32. The van der Waals surface area contributed by atoms with Gasteiger partial charge in [0.15, 0.2) is 0 Å². The maximum absolute atomic E-state index is 5.02. The Morgan fingerprint density at radius 3 is 2.70 bits per heavy atom. The molecule has 1 fully saturated rings. The Bertz CT molecular complexity index is 732. The molecule has 0 N–H and O–H groups in total. The van der Waals surface area contributed by atoms with Gasteiger partial charge in [-0.3, -0.25) is 15.0 Å². The number of fused-ring (bicyclic) bond motifs is 1. The predicted octanol–water partition coefficient (Wildman–Crippen LogP) is 2.07. The van der Waals surface area contributed by atoms with Crippen molar-refractivity contribution in [1.29, 1.82) is 0 Å². The van der Waals surface area contributed by atoms with Gasteiger partial charge in [0.05, 0.1) is 23.5 Å². The van der Waals surface area contributed by atoms with Crippen LogP contribution in [-0.2, 0) is 5.54 Å². The van der Waals surface area contributed by atoms with Gasteiger partial charge in [0.25, 0.3) is 0 Å². The van der Waals surface area contributed by atoms with E-state index in [-0.39, 0.29) is 5.54 Å². The van der Waals surface area contributed by atoms with Gasteiger partial charge >= 0.3 is 0 Å². The van der Waals surface area contributed by atoms with Crippen molar-refractivity contribution >= 4 is 22.8 Å². The smallest absolute Gasteiger partial charge is 0.225 e. The molecular weight excluding hydrogens is 308 g/mol. The molecule has 0 aromatic carbocycles. The summed E-state index contributed by atoms with van der Waals surface area (Å²) in [6, 6.07) is 0. The summed E-state index contributed by atoms with van der Waals surface area (Å²) in [7, 11) is 0. The summed E-state index contributed by atoms with van der Waals surface area (Å²) in [6.07, 6.45) is 9.03. The molecule has 2 aliphatic heterocycles. The third kappa shape index (κ3) is 2.49. The molecule has 2 aliphatic rings. The van der Waals surface area contributed by atoms with E-state index >= 15 is 0 Å². The quantitative estimate of drug-likeness (QED) is 0.842. The van der Waals surface area contributed by atoms with Crippen LogP contribution in [0.4, 0.5) is 5.95 Å². The van der Waals surface area contributed by atoms with E-state index in [4.69, 9.17) is 4.99 Å². The minimum Gasteiger partial charge on any atom is -0.338 e. The van der Waals surface area contributed by atoms with E-state index in [9.17, 15) is 0 Å². The van der Waals surface area contributed by atoms with Gasteiger partial charge in [0.1, 0.15) is 5.54 Å². The van der Waals surface area contributed by atoms with E-state index in [1.165, 1.54) is 0 Å². The zero-order valence-electron chi connectivity index (χ0n) is 13.2. The number of rotatable bonds is 2. The minimum absolute atomic E-state index is 0.335. The zero-order chi connectivity index (χ0) is 15.9. The fourth-order valence-corrected chi connectivity index (χ4v) is 4.38. The molecule has 6 nitrogen and oxygen atoms in total. The first-order chi connectivity index (χ1) is 11.2. The van der Waals surface area contributed by atoms with Crippen molar-refractivity contribution in [2.75, 3.05) is 23.7 Å². The Kier molecular flexibility index (Phi) is 3.52. The predicted molar refractivity (Wildman–Crippen MR) is 91.7 cm³/mol. The lowest BCUT2D eigenvalue weighted by Gasteiger charge is -2.33. The van der Waals surface area contributed by atoms with Crippen LogP contribution in [0.1, 0.15) is 18.2 Å². The van der Waals surface area contributed by atoms with Gasteiger partial charge in [-0.25, -0.2) is 9.97 Å². The molecule has 1 saturated heterocycles. The van der Waals surface area contributed by atoms with E-state index in [1.54, 1.807) is 12.4 Å². The average molecular weight is 326 g/mol. The standard InChI is InChI=1S/C16H18N6S/c1-11-5-19-15(20-6-11)22-8-13-9-23-12(2)21-16(13,10-22)14-7-17-3-4-18-14/h3-7,13H,8-10H2,1-2H3. The Morgan fingerprint density at radius 1 is 1.13 bits per heavy atom. The normalized spacial score (nSPS) is 26.8. The van der Waals surface area contributed by atoms with Gasteiger partial charge in [-0.15, -0.1) is 11.8 Å². The van der Waals surface area contributed by atoms with Crippen molar-refractivity contribution in [1.82, 2.24) is 19.9 Å². The molecule has 2 aromatic rings. The molecule has 2 unspecified atom stereocenters. The molecule has 7 heteroatoms. The SMILES string of the molecule is CC1=NC2(c3cnccn3)CN(c3ncc(C)cn3)CC2CS1. The first-order valence-corrected chi connectivity index (χ1v) is 8.65. The number of anilines is 1. The van der Waals surface area contributed by atoms with Crippen LogP contribution in [-0.4, -0.2) is 43.8 Å². The molecule has 23 heavy (non-hydrogen) atoms. The second-order valence-electron chi connectivity index (χ2n) is 6.09. The van der Waals surface area contributed by atoms with Crippen molar-refractivity contribution < 1.29 is 0 Å². The van der Waals surface area contributed by atoms with Gasteiger partial charge in [-0.2, -0.15) is 0 Å². The lowest BCUT2D eigenvalue weighted by molar-refractivity contribution is 0.376. The largest absolute Gasteiger partial charge is 0.338 e. The highest BCUT2D eigenvalue weighted by molar-refractivity contribution is 8.13. The third-order valence-corrected chi connectivity index (χ3v) is 5.53. The van der Waals surface area contributed by atoms with E-state index in [0.29, 0.717) is 5.92 Å². The minimum atomic E-state index is -0.335. The van der Waals surface area contributed by atoms with Crippen molar-refractivity contribution in [3.8, 4) is 0 Å². The third-order valence-electron chi connectivity index (χ3n) is 4.46. The number of aryl methyl sites for hydroxylation is 1. The first-order valence-electron chi connectivity index (χ1n) is 7.67. The second-order valence-corrected chi connectivity index (χ2v) is 7.31. The highest BCUT2D eigenvalue weighted by Crippen LogP contribution is 2.45. The number of nitrogens with zero attached hydrogens (tertiary/aromatic N) is 6. The van der Waals surface area contributed by atoms with Gasteiger partial charge in [-0.05, 0) is 19.4 Å². The zero-order valence-corrected chi connectivity index (χ0v) is 14.0. The highest BCUT2D eigenvalue weighted by Gasteiger charge is 2.51. The van der Waals surface area contributed by atoms with E-state index in [1.807, 2.05) is 37.3 Å². The average Bonchev–Trinajstić information content (AvgIpc) is 2.96. The van der Waals surface area contributed by atoms with E-state index in [0.717, 1.165) is 41.1 Å². The molecule has 4 rings (SSSR count). The number of thioether (sulfide) groups is 1. The van der Waals surface area contributed by atoms with Crippen LogP contribution in [0.3, 0.4) is 0 Å². The lowest BCUT2D eigenvalue weighted by Crippen LogP contribution is -2.39. The first kappa shape index (κ1) is 14.6. The molecule has 0 aliphatic carbocycles. The van der Waals surface area contributed by atoms with Crippen LogP contribution < -0.4 is 4.90 Å². The Hall–Kier alpha value is -2.02. The molecule has 2 atom stereocenters. The Balaban J connectivity index is 1.75. The summed E-state index contributed by atoms with van der Waals surface area (Å²) in [6.45, 7) is 5.71. The maximum Gasteiger partial charge on any atom is 0.225 e. The molecule has 0 bridgehead atoms. The maximum atomic E-state index is 5.02. The molecule has 0 amide bonds. The highest BCUT2D eigenvalue weighted by atomic mass is 32.2. The second kappa shape index (κ2) is 5.56. The van der Waals surface area contributed by atoms with E-state index in [2.05, 4.69) is 31.8 Å². The van der Waals surface area contributed by atoms with Crippen molar-refractivity contribution in [3.63, 3.8) is 0 Å². The van der Waals surface area contributed by atoms with Crippen LogP contribution >= 0.6 is 11.8 Å². The van der Waals surface area contributed by atoms with Crippen molar-refractivity contribution in [2.45, 2.75) is 19.4 Å².